The summed E-state index contributed by atoms with van der Waals surface area (Å²) in [5, 5.41) is 0. The van der Waals surface area contributed by atoms with Gasteiger partial charge in [-0.05, 0) is 0 Å². The van der Waals surface area contributed by atoms with Crippen LogP contribution in [0.4, 0.5) is 0 Å². The van der Waals surface area contributed by atoms with E-state index < -0.39 is 0 Å². The molecule has 0 saturated carbocycles. The molecule has 26 valence electrons. The van der Waals surface area contributed by atoms with Gasteiger partial charge in [0.15, 0.2) is 0 Å². The molecule has 8 radical (unpaired) electrons. The maximum atomic E-state index is 0. The van der Waals surface area contributed by atoms with Gasteiger partial charge in [0, 0.05) is 94.9 Å². The average Bonchev–Trinajstić information content (AvgIpc) is 0. The summed E-state index contributed by atoms with van der Waals surface area (Å²) in [6.07, 6.45) is 0. The van der Waals surface area contributed by atoms with Gasteiger partial charge in [0.05, 0.1) is 0 Å². The van der Waals surface area contributed by atoms with E-state index in [4.69, 9.17) is 0 Å². The van der Waals surface area contributed by atoms with Crippen molar-refractivity contribution in [2.45, 2.75) is 0 Å². The molecule has 0 aliphatic carbocycles. The molecule has 0 aliphatic rings. The smallest absolute Gasteiger partial charge is 0 e. The zero-order valence-electron chi connectivity index (χ0n) is 2.38. The molecule has 0 bridgehead atoms. The van der Waals surface area contributed by atoms with Crippen LogP contribution in [0.25, 0.3) is 0 Å². The van der Waals surface area contributed by atoms with Crippen LogP contribution in [0, 0.1) is 0 Å². The maximum absolute atomic E-state index is 0. The van der Waals surface area contributed by atoms with Gasteiger partial charge >= 0.3 is 0 Å². The van der Waals surface area contributed by atoms with Gasteiger partial charge in [0.1, 0.15) is 0 Å². The van der Waals surface area contributed by atoms with Gasteiger partial charge in [-0.25, -0.2) is 0 Å². The summed E-state index contributed by atoms with van der Waals surface area (Å²) < 4.78 is 0. The molecule has 0 aliphatic heterocycles. The third-order valence-corrected chi connectivity index (χ3v) is 0. The summed E-state index contributed by atoms with van der Waals surface area (Å²) in [7, 11) is 0. The Morgan fingerprint density at radius 3 is 1.00 bits per heavy atom. The fraction of sp³-hybridized carbons (Fsp3) is 0. The second-order valence-corrected chi connectivity index (χ2v) is 0. The predicted octanol–water partition coefficient (Wildman–Crippen LogP) is -0.769. The van der Waals surface area contributed by atoms with Gasteiger partial charge in [0.25, 0.3) is 0 Å². The van der Waals surface area contributed by atoms with Crippen molar-refractivity contribution < 1.29 is 66.6 Å². The SMILES string of the molecule is [Al].[Cr].[Ni].[Si].[Y]. The number of rotatable bonds is 0. The molecule has 5 heteroatoms. The van der Waals surface area contributed by atoms with Gasteiger partial charge in [-0.2, -0.15) is 0 Å². The van der Waals surface area contributed by atoms with E-state index >= 15 is 0 Å². The van der Waals surface area contributed by atoms with Crippen LogP contribution in [0.3, 0.4) is 0 Å². The summed E-state index contributed by atoms with van der Waals surface area (Å²) in [6, 6.07) is 0. The largest absolute Gasteiger partial charge is 0 e. The van der Waals surface area contributed by atoms with E-state index in [0.29, 0.717) is 0 Å². The van der Waals surface area contributed by atoms with Crippen LogP contribution in [0.5, 0.6) is 0 Å². The van der Waals surface area contributed by atoms with Crippen molar-refractivity contribution in [1.82, 2.24) is 0 Å². The number of hydrogen-bond donors (Lipinski definition) is 0. The second-order valence-electron chi connectivity index (χ2n) is 0. The van der Waals surface area contributed by atoms with Crippen molar-refractivity contribution in [2.75, 3.05) is 0 Å². The van der Waals surface area contributed by atoms with E-state index in [1.54, 1.807) is 0 Å². The van der Waals surface area contributed by atoms with Gasteiger partial charge in [-0.1, -0.05) is 0 Å². The van der Waals surface area contributed by atoms with E-state index in [9.17, 15) is 0 Å². The van der Waals surface area contributed by atoms with Crippen LogP contribution in [0.1, 0.15) is 0 Å². The molecule has 0 saturated heterocycles. The van der Waals surface area contributed by atoms with Gasteiger partial charge in [0.2, 0.25) is 0 Å². The second kappa shape index (κ2) is 28.7. The summed E-state index contributed by atoms with van der Waals surface area (Å²) in [5.74, 6) is 0. The van der Waals surface area contributed by atoms with Gasteiger partial charge < -0.3 is 0 Å². The van der Waals surface area contributed by atoms with E-state index in [2.05, 4.69) is 0 Å². The molecule has 0 aromatic carbocycles. The first kappa shape index (κ1) is 45.0. The number of hydrogen-bond acceptors (Lipinski definition) is 0. The molecular weight excluding hydrogens is 255 g/mol. The Bertz CT molecular complexity index is 11.6. The molecule has 0 heterocycles. The molecule has 0 fully saturated rings. The first-order chi connectivity index (χ1) is 0. The maximum Gasteiger partial charge on any atom is 0 e. The minimum Gasteiger partial charge on any atom is 0 e. The predicted molar refractivity (Wildman–Crippen MR) is 11.5 cm³/mol. The Labute approximate surface area is 93.3 Å². The third-order valence-electron chi connectivity index (χ3n) is 0. The molecule has 0 unspecified atom stereocenters. The Morgan fingerprint density at radius 2 is 1.00 bits per heavy atom. The van der Waals surface area contributed by atoms with Crippen molar-refractivity contribution in [3.8, 4) is 0 Å². The van der Waals surface area contributed by atoms with Crippen molar-refractivity contribution in [1.29, 1.82) is 0 Å². The average molecular weight is 255 g/mol. The zero-order valence-corrected chi connectivity index (χ0v) is 9.63. The summed E-state index contributed by atoms with van der Waals surface area (Å²) in [5.41, 5.74) is 0. The third kappa shape index (κ3) is 19.8. The monoisotopic (exact) mass is 254 g/mol. The van der Waals surface area contributed by atoms with Crippen LogP contribution in [0.2, 0.25) is 0 Å². The summed E-state index contributed by atoms with van der Waals surface area (Å²) in [6.45, 7) is 0. The normalized spacial score (nSPS) is 0. The van der Waals surface area contributed by atoms with E-state index in [0.717, 1.165) is 0 Å². The van der Waals surface area contributed by atoms with Crippen molar-refractivity contribution in [3.05, 3.63) is 0 Å². The zero-order chi connectivity index (χ0) is 0. The Hall–Kier alpha value is 2.88. The van der Waals surface area contributed by atoms with Crippen LogP contribution < -0.4 is 0 Å². The Balaban J connectivity index is 0. The molecule has 0 N–H and O–H groups in total. The van der Waals surface area contributed by atoms with Crippen molar-refractivity contribution in [3.63, 3.8) is 0 Å². The Kier molecular flexibility index (Phi) is 258. The minimum absolute atomic E-state index is 0. The topological polar surface area (TPSA) is 0 Å². The van der Waals surface area contributed by atoms with Crippen molar-refractivity contribution >= 4 is 28.3 Å². The van der Waals surface area contributed by atoms with Gasteiger partial charge in [-0.15, -0.1) is 0 Å². The molecule has 0 aromatic rings. The first-order valence-electron chi connectivity index (χ1n) is 0. The standard InChI is InChI=1S/Al.Cr.Ni.Si.Y. The molecule has 0 nitrogen and oxygen atoms in total. The minimum atomic E-state index is 0. The van der Waals surface area contributed by atoms with Gasteiger partial charge in [-0.3, -0.25) is 0 Å². The molecule has 0 aromatic heterocycles. The molecule has 0 rings (SSSR count). The van der Waals surface area contributed by atoms with Crippen LogP contribution >= 0.6 is 0 Å². The quantitative estimate of drug-likeness (QED) is 0.498. The summed E-state index contributed by atoms with van der Waals surface area (Å²) in [4.78, 5) is 0. The molecular formula is AlCrNiSiY. The van der Waals surface area contributed by atoms with Crippen LogP contribution in [-0.2, 0) is 66.6 Å². The summed E-state index contributed by atoms with van der Waals surface area (Å²) >= 11 is 0. The fourth-order valence-electron chi connectivity index (χ4n) is 0. The first-order valence-corrected chi connectivity index (χ1v) is 0. The van der Waals surface area contributed by atoms with Crippen LogP contribution in [0.15, 0.2) is 0 Å². The Morgan fingerprint density at radius 1 is 1.00 bits per heavy atom. The molecule has 0 spiro atoms. The van der Waals surface area contributed by atoms with Crippen molar-refractivity contribution in [2.24, 2.45) is 0 Å². The van der Waals surface area contributed by atoms with Crippen LogP contribution in [-0.4, -0.2) is 28.3 Å². The molecule has 0 amide bonds. The molecule has 0 atom stereocenters. The van der Waals surface area contributed by atoms with E-state index in [1.807, 2.05) is 0 Å². The fourth-order valence-corrected chi connectivity index (χ4v) is 0. The molecule has 5 heavy (non-hydrogen) atoms. The van der Waals surface area contributed by atoms with E-state index in [-0.39, 0.29) is 94.9 Å². The van der Waals surface area contributed by atoms with E-state index in [1.165, 1.54) is 0 Å².